The zero-order chi connectivity index (χ0) is 12.3. The smallest absolute Gasteiger partial charge is 0.100 e. The monoisotopic (exact) mass is 248 g/mol. The van der Waals surface area contributed by atoms with E-state index in [1.54, 1.807) is 24.7 Å². The Hall–Kier alpha value is -1.45. The van der Waals surface area contributed by atoms with Gasteiger partial charge in [-0.05, 0) is 36.2 Å². The number of hydrogen-bond acceptors (Lipinski definition) is 3. The molecule has 2 heterocycles. The van der Waals surface area contributed by atoms with Crippen molar-refractivity contribution in [2.45, 2.75) is 19.4 Å². The van der Waals surface area contributed by atoms with Crippen LogP contribution in [0.1, 0.15) is 22.9 Å². The molecule has 0 aliphatic heterocycles. The summed E-state index contributed by atoms with van der Waals surface area (Å²) < 4.78 is 0. The van der Waals surface area contributed by atoms with Crippen molar-refractivity contribution in [2.75, 3.05) is 0 Å². The van der Waals surface area contributed by atoms with Crippen LogP contribution >= 0.6 is 11.6 Å². The van der Waals surface area contributed by atoms with E-state index in [4.69, 9.17) is 11.6 Å². The Morgan fingerprint density at radius 2 is 2.18 bits per heavy atom. The molecule has 0 radical (unpaired) electrons. The summed E-state index contributed by atoms with van der Waals surface area (Å²) >= 11 is 5.99. The number of halogens is 1. The van der Waals surface area contributed by atoms with Gasteiger partial charge < -0.3 is 5.11 Å². The maximum Gasteiger partial charge on any atom is 0.100 e. The molecule has 88 valence electrons. The standard InChI is InChI=1S/C13H13ClN2O/c1-9-2-5-16-12(6-9)13(17)7-10-3-4-15-8-11(10)14/h2-6,8,13,17H,7H2,1H3. The third-order valence-corrected chi connectivity index (χ3v) is 2.89. The predicted molar refractivity (Wildman–Crippen MR) is 66.9 cm³/mol. The highest BCUT2D eigenvalue weighted by molar-refractivity contribution is 6.31. The molecule has 4 heteroatoms. The number of aliphatic hydroxyl groups is 1. The Kier molecular flexibility index (Phi) is 3.71. The first-order valence-electron chi connectivity index (χ1n) is 5.36. The molecular weight excluding hydrogens is 236 g/mol. The molecule has 0 spiro atoms. The predicted octanol–water partition coefficient (Wildman–Crippen LogP) is 2.71. The summed E-state index contributed by atoms with van der Waals surface area (Å²) in [7, 11) is 0. The Morgan fingerprint density at radius 3 is 2.88 bits per heavy atom. The average molecular weight is 249 g/mol. The molecule has 17 heavy (non-hydrogen) atoms. The fourth-order valence-corrected chi connectivity index (χ4v) is 1.82. The normalized spacial score (nSPS) is 12.4. The number of aryl methyl sites for hydroxylation is 1. The first-order valence-corrected chi connectivity index (χ1v) is 5.73. The lowest BCUT2D eigenvalue weighted by Gasteiger charge is -2.11. The van der Waals surface area contributed by atoms with Crippen molar-refractivity contribution < 1.29 is 5.11 Å². The Labute approximate surface area is 105 Å². The molecule has 0 aromatic carbocycles. The van der Waals surface area contributed by atoms with Gasteiger partial charge in [0.15, 0.2) is 0 Å². The van der Waals surface area contributed by atoms with Gasteiger partial charge in [0.25, 0.3) is 0 Å². The zero-order valence-corrected chi connectivity index (χ0v) is 10.2. The molecule has 0 bridgehead atoms. The van der Waals surface area contributed by atoms with Crippen LogP contribution in [0, 0.1) is 6.92 Å². The number of aromatic nitrogens is 2. The van der Waals surface area contributed by atoms with Crippen molar-refractivity contribution in [3.63, 3.8) is 0 Å². The minimum atomic E-state index is -0.644. The molecule has 0 fully saturated rings. The molecule has 2 aromatic heterocycles. The largest absolute Gasteiger partial charge is 0.386 e. The topological polar surface area (TPSA) is 46.0 Å². The van der Waals surface area contributed by atoms with Gasteiger partial charge in [-0.25, -0.2) is 0 Å². The Balaban J connectivity index is 2.17. The summed E-state index contributed by atoms with van der Waals surface area (Å²) in [6.07, 6.45) is 4.74. The molecule has 1 N–H and O–H groups in total. The van der Waals surface area contributed by atoms with Gasteiger partial charge in [0.05, 0.1) is 10.7 Å². The molecule has 1 atom stereocenters. The molecule has 1 unspecified atom stereocenters. The van der Waals surface area contributed by atoms with Gasteiger partial charge in [0.2, 0.25) is 0 Å². The summed E-state index contributed by atoms with van der Waals surface area (Å²) in [5.74, 6) is 0. The molecule has 3 nitrogen and oxygen atoms in total. The van der Waals surface area contributed by atoms with E-state index in [-0.39, 0.29) is 0 Å². The maximum atomic E-state index is 10.1. The molecule has 0 amide bonds. The van der Waals surface area contributed by atoms with Crippen LogP contribution in [0.4, 0.5) is 0 Å². The third-order valence-electron chi connectivity index (χ3n) is 2.55. The van der Waals surface area contributed by atoms with E-state index in [0.717, 1.165) is 11.1 Å². The fraction of sp³-hybridized carbons (Fsp3) is 0.231. The molecule has 2 aromatic rings. The summed E-state index contributed by atoms with van der Waals surface area (Å²) in [4.78, 5) is 8.07. The van der Waals surface area contributed by atoms with Gasteiger partial charge in [0, 0.05) is 25.0 Å². The Morgan fingerprint density at radius 1 is 1.35 bits per heavy atom. The highest BCUT2D eigenvalue weighted by Crippen LogP contribution is 2.21. The van der Waals surface area contributed by atoms with Crippen molar-refractivity contribution in [3.8, 4) is 0 Å². The second-order valence-corrected chi connectivity index (χ2v) is 4.35. The van der Waals surface area contributed by atoms with Crippen molar-refractivity contribution in [1.82, 2.24) is 9.97 Å². The van der Waals surface area contributed by atoms with E-state index in [1.807, 2.05) is 19.1 Å². The van der Waals surface area contributed by atoms with Crippen LogP contribution < -0.4 is 0 Å². The zero-order valence-electron chi connectivity index (χ0n) is 9.47. The quantitative estimate of drug-likeness (QED) is 0.909. The first-order chi connectivity index (χ1) is 8.16. The number of rotatable bonds is 3. The van der Waals surface area contributed by atoms with Crippen molar-refractivity contribution in [2.24, 2.45) is 0 Å². The second kappa shape index (κ2) is 5.25. The van der Waals surface area contributed by atoms with Gasteiger partial charge >= 0.3 is 0 Å². The van der Waals surface area contributed by atoms with Crippen LogP contribution in [0.2, 0.25) is 5.02 Å². The Bertz CT molecular complexity index is 516. The molecular formula is C13H13ClN2O. The van der Waals surface area contributed by atoms with Crippen LogP contribution in [-0.2, 0) is 6.42 Å². The highest BCUT2D eigenvalue weighted by atomic mass is 35.5. The number of hydrogen-bond donors (Lipinski definition) is 1. The minimum Gasteiger partial charge on any atom is -0.386 e. The lowest BCUT2D eigenvalue weighted by Crippen LogP contribution is -2.04. The average Bonchev–Trinajstić information content (AvgIpc) is 2.32. The van der Waals surface area contributed by atoms with Crippen molar-refractivity contribution in [1.29, 1.82) is 0 Å². The lowest BCUT2D eigenvalue weighted by molar-refractivity contribution is 0.173. The van der Waals surface area contributed by atoms with E-state index >= 15 is 0 Å². The van der Waals surface area contributed by atoms with Gasteiger partial charge in [-0.3, -0.25) is 9.97 Å². The summed E-state index contributed by atoms with van der Waals surface area (Å²) in [6.45, 7) is 1.97. The van der Waals surface area contributed by atoms with Crippen molar-refractivity contribution in [3.05, 3.63) is 58.6 Å². The van der Waals surface area contributed by atoms with E-state index in [2.05, 4.69) is 9.97 Å². The van der Waals surface area contributed by atoms with Crippen LogP contribution in [0.3, 0.4) is 0 Å². The molecule has 0 saturated heterocycles. The van der Waals surface area contributed by atoms with E-state index in [9.17, 15) is 5.11 Å². The third kappa shape index (κ3) is 3.02. The van der Waals surface area contributed by atoms with E-state index in [0.29, 0.717) is 17.1 Å². The maximum absolute atomic E-state index is 10.1. The molecule has 2 rings (SSSR count). The molecule has 0 aliphatic rings. The summed E-state index contributed by atoms with van der Waals surface area (Å²) in [5, 5.41) is 10.6. The van der Waals surface area contributed by atoms with Crippen molar-refractivity contribution >= 4 is 11.6 Å². The number of aliphatic hydroxyl groups excluding tert-OH is 1. The van der Waals surface area contributed by atoms with Gasteiger partial charge in [-0.1, -0.05) is 11.6 Å². The van der Waals surface area contributed by atoms with Gasteiger partial charge in [-0.2, -0.15) is 0 Å². The van der Waals surface area contributed by atoms with Crippen LogP contribution in [0.5, 0.6) is 0 Å². The first kappa shape index (κ1) is 12.0. The summed E-state index contributed by atoms with van der Waals surface area (Å²) in [6, 6.07) is 5.58. The number of pyridine rings is 2. The molecule has 0 saturated carbocycles. The van der Waals surface area contributed by atoms with Crippen LogP contribution in [-0.4, -0.2) is 15.1 Å². The van der Waals surface area contributed by atoms with E-state index < -0.39 is 6.10 Å². The lowest BCUT2D eigenvalue weighted by atomic mass is 10.1. The second-order valence-electron chi connectivity index (χ2n) is 3.95. The number of nitrogens with zero attached hydrogens (tertiary/aromatic N) is 2. The SMILES string of the molecule is Cc1ccnc(C(O)Cc2ccncc2Cl)c1. The minimum absolute atomic E-state index is 0.442. The van der Waals surface area contributed by atoms with Crippen LogP contribution in [0.25, 0.3) is 0 Å². The van der Waals surface area contributed by atoms with Gasteiger partial charge in [0.1, 0.15) is 6.10 Å². The fourth-order valence-electron chi connectivity index (χ4n) is 1.62. The highest BCUT2D eigenvalue weighted by Gasteiger charge is 2.12. The van der Waals surface area contributed by atoms with Crippen LogP contribution in [0.15, 0.2) is 36.8 Å². The molecule has 0 aliphatic carbocycles. The summed E-state index contributed by atoms with van der Waals surface area (Å²) in [5.41, 5.74) is 2.62. The van der Waals surface area contributed by atoms with Gasteiger partial charge in [-0.15, -0.1) is 0 Å². The van der Waals surface area contributed by atoms with E-state index in [1.165, 1.54) is 0 Å².